The van der Waals surface area contributed by atoms with Gasteiger partial charge in [-0.25, -0.2) is 0 Å². The second-order valence-electron chi connectivity index (χ2n) is 3.15. The summed E-state index contributed by atoms with van der Waals surface area (Å²) in [7, 11) is 0. The molecular weight excluding hydrogens is 136 g/mol. The fourth-order valence-corrected chi connectivity index (χ4v) is 1.49. The van der Waals surface area contributed by atoms with E-state index in [0.29, 0.717) is 6.04 Å². The van der Waals surface area contributed by atoms with Crippen molar-refractivity contribution in [1.29, 1.82) is 0 Å². The van der Waals surface area contributed by atoms with Crippen molar-refractivity contribution in [3.8, 4) is 0 Å². The van der Waals surface area contributed by atoms with Crippen molar-refractivity contribution < 1.29 is 0 Å². The first-order valence-corrected chi connectivity index (χ1v) is 4.43. The maximum Gasteiger partial charge on any atom is 0.0230 e. The van der Waals surface area contributed by atoms with Crippen LogP contribution in [0, 0.1) is 0 Å². The zero-order valence-corrected chi connectivity index (χ0v) is 7.13. The molecule has 1 saturated heterocycles. The minimum atomic E-state index is 0.680. The van der Waals surface area contributed by atoms with Crippen LogP contribution in [0.15, 0.2) is 12.7 Å². The van der Waals surface area contributed by atoms with Gasteiger partial charge in [-0.15, -0.1) is 6.58 Å². The van der Waals surface area contributed by atoms with Crippen molar-refractivity contribution in [1.82, 2.24) is 4.90 Å². The average molecular weight is 154 g/mol. The molecule has 64 valence electrons. The molecule has 0 radical (unpaired) electrons. The number of rotatable bonds is 5. The summed E-state index contributed by atoms with van der Waals surface area (Å²) in [6.45, 7) is 6.98. The number of nitrogens with two attached hydrogens (primary N) is 1. The summed E-state index contributed by atoms with van der Waals surface area (Å²) in [4.78, 5) is 2.46. The predicted octanol–water partition coefficient (Wildman–Crippen LogP) is 0.986. The number of hydrogen-bond acceptors (Lipinski definition) is 2. The lowest BCUT2D eigenvalue weighted by Crippen LogP contribution is -2.51. The summed E-state index contributed by atoms with van der Waals surface area (Å²) in [5.74, 6) is 0. The first-order chi connectivity index (χ1) is 5.38. The Kier molecular flexibility index (Phi) is 3.60. The Morgan fingerprint density at radius 1 is 1.64 bits per heavy atom. The predicted molar refractivity (Wildman–Crippen MR) is 48.5 cm³/mol. The van der Waals surface area contributed by atoms with Crippen molar-refractivity contribution in [2.75, 3.05) is 19.6 Å². The highest BCUT2D eigenvalue weighted by Gasteiger charge is 2.24. The molecule has 0 spiro atoms. The van der Waals surface area contributed by atoms with E-state index in [4.69, 9.17) is 5.73 Å². The molecule has 0 saturated carbocycles. The molecule has 1 heterocycles. The van der Waals surface area contributed by atoms with E-state index < -0.39 is 0 Å². The van der Waals surface area contributed by atoms with Crippen molar-refractivity contribution in [2.45, 2.75) is 25.3 Å². The van der Waals surface area contributed by atoms with Gasteiger partial charge in [-0.2, -0.15) is 0 Å². The summed E-state index contributed by atoms with van der Waals surface area (Å²) in [6, 6.07) is 0.680. The molecule has 2 nitrogen and oxygen atoms in total. The summed E-state index contributed by atoms with van der Waals surface area (Å²) in [5.41, 5.74) is 5.57. The van der Waals surface area contributed by atoms with Gasteiger partial charge < -0.3 is 5.73 Å². The summed E-state index contributed by atoms with van der Waals surface area (Å²) in [6.07, 6.45) is 5.65. The van der Waals surface area contributed by atoms with Crippen LogP contribution in [0.25, 0.3) is 0 Å². The first kappa shape index (κ1) is 8.75. The van der Waals surface area contributed by atoms with Crippen molar-refractivity contribution in [3.05, 3.63) is 12.7 Å². The van der Waals surface area contributed by atoms with Gasteiger partial charge in [-0.3, -0.25) is 4.90 Å². The molecule has 0 aromatic rings. The molecular formula is C9H18N2. The van der Waals surface area contributed by atoms with Crippen LogP contribution < -0.4 is 5.73 Å². The maximum absolute atomic E-state index is 5.57. The number of nitrogens with zero attached hydrogens (tertiary/aromatic N) is 1. The fraction of sp³-hybridized carbons (Fsp3) is 0.778. The maximum atomic E-state index is 5.57. The number of likely N-dealkylation sites (tertiary alicyclic amines) is 1. The normalized spacial score (nSPS) is 24.6. The van der Waals surface area contributed by atoms with Gasteiger partial charge >= 0.3 is 0 Å². The molecule has 0 aromatic carbocycles. The zero-order valence-electron chi connectivity index (χ0n) is 7.13. The Hall–Kier alpha value is -0.340. The van der Waals surface area contributed by atoms with Crippen LogP contribution in [-0.4, -0.2) is 30.6 Å². The summed E-state index contributed by atoms with van der Waals surface area (Å²) in [5, 5.41) is 0. The number of allylic oxidation sites excluding steroid dienone is 1. The van der Waals surface area contributed by atoms with E-state index in [1.165, 1.54) is 25.9 Å². The third kappa shape index (κ3) is 2.31. The highest BCUT2D eigenvalue weighted by atomic mass is 15.2. The molecule has 2 heteroatoms. The quantitative estimate of drug-likeness (QED) is 0.472. The molecule has 11 heavy (non-hydrogen) atoms. The van der Waals surface area contributed by atoms with Gasteiger partial charge in [0, 0.05) is 19.1 Å². The largest absolute Gasteiger partial charge is 0.329 e. The van der Waals surface area contributed by atoms with Crippen LogP contribution in [0.4, 0.5) is 0 Å². The third-order valence-electron chi connectivity index (χ3n) is 2.39. The lowest BCUT2D eigenvalue weighted by molar-refractivity contribution is 0.0959. The minimum absolute atomic E-state index is 0.680. The molecule has 1 aliphatic heterocycles. The smallest absolute Gasteiger partial charge is 0.0230 e. The van der Waals surface area contributed by atoms with Crippen LogP contribution in [0.3, 0.4) is 0 Å². The molecule has 1 rings (SSSR count). The lowest BCUT2D eigenvalue weighted by atomic mass is 10.0. The minimum Gasteiger partial charge on any atom is -0.329 e. The van der Waals surface area contributed by atoms with E-state index in [1.54, 1.807) is 0 Å². The Labute approximate surface area is 69.1 Å². The monoisotopic (exact) mass is 154 g/mol. The van der Waals surface area contributed by atoms with Gasteiger partial charge in [0.05, 0.1) is 0 Å². The SMILES string of the molecule is C=CCCCN1CCC1CN. The van der Waals surface area contributed by atoms with Crippen LogP contribution >= 0.6 is 0 Å². The molecule has 0 bridgehead atoms. The van der Waals surface area contributed by atoms with Crippen LogP contribution in [0.1, 0.15) is 19.3 Å². The van der Waals surface area contributed by atoms with Gasteiger partial charge in [0.15, 0.2) is 0 Å². The van der Waals surface area contributed by atoms with Gasteiger partial charge in [0.2, 0.25) is 0 Å². The lowest BCUT2D eigenvalue weighted by Gasteiger charge is -2.40. The Bertz CT molecular complexity index is 121. The first-order valence-electron chi connectivity index (χ1n) is 4.43. The second kappa shape index (κ2) is 4.52. The van der Waals surface area contributed by atoms with E-state index in [1.807, 2.05) is 6.08 Å². The van der Waals surface area contributed by atoms with Crippen LogP contribution in [0.5, 0.6) is 0 Å². The van der Waals surface area contributed by atoms with Gasteiger partial charge in [0.1, 0.15) is 0 Å². The van der Waals surface area contributed by atoms with E-state index >= 15 is 0 Å². The van der Waals surface area contributed by atoms with Crippen molar-refractivity contribution in [3.63, 3.8) is 0 Å². The van der Waals surface area contributed by atoms with E-state index in [0.717, 1.165) is 13.0 Å². The Morgan fingerprint density at radius 2 is 2.45 bits per heavy atom. The molecule has 0 aliphatic carbocycles. The molecule has 2 N–H and O–H groups in total. The molecule has 1 aliphatic rings. The zero-order chi connectivity index (χ0) is 8.10. The summed E-state index contributed by atoms with van der Waals surface area (Å²) < 4.78 is 0. The fourth-order valence-electron chi connectivity index (χ4n) is 1.49. The topological polar surface area (TPSA) is 29.3 Å². The number of unbranched alkanes of at least 4 members (excludes halogenated alkanes) is 1. The van der Waals surface area contributed by atoms with E-state index in [9.17, 15) is 0 Å². The van der Waals surface area contributed by atoms with Gasteiger partial charge in [-0.1, -0.05) is 6.08 Å². The van der Waals surface area contributed by atoms with E-state index in [2.05, 4.69) is 11.5 Å². The molecule has 0 aromatic heterocycles. The number of hydrogen-bond donors (Lipinski definition) is 1. The second-order valence-corrected chi connectivity index (χ2v) is 3.15. The highest BCUT2D eigenvalue weighted by molar-refractivity contribution is 4.83. The Morgan fingerprint density at radius 3 is 2.91 bits per heavy atom. The van der Waals surface area contributed by atoms with Crippen LogP contribution in [0.2, 0.25) is 0 Å². The molecule has 0 amide bonds. The Balaban J connectivity index is 2.02. The van der Waals surface area contributed by atoms with E-state index in [-0.39, 0.29) is 0 Å². The third-order valence-corrected chi connectivity index (χ3v) is 2.39. The summed E-state index contributed by atoms with van der Waals surface area (Å²) >= 11 is 0. The average Bonchev–Trinajstić information content (AvgIpc) is 1.97. The van der Waals surface area contributed by atoms with Crippen LogP contribution in [-0.2, 0) is 0 Å². The highest BCUT2D eigenvalue weighted by Crippen LogP contribution is 2.16. The van der Waals surface area contributed by atoms with Gasteiger partial charge in [-0.05, 0) is 25.8 Å². The molecule has 1 atom stereocenters. The molecule has 1 fully saturated rings. The van der Waals surface area contributed by atoms with Crippen molar-refractivity contribution in [2.24, 2.45) is 5.73 Å². The molecule has 1 unspecified atom stereocenters. The standard InChI is InChI=1S/C9H18N2/c1-2-3-4-6-11-7-5-9(11)8-10/h2,9H,1,3-8,10H2. The van der Waals surface area contributed by atoms with Crippen molar-refractivity contribution >= 4 is 0 Å². The van der Waals surface area contributed by atoms with Gasteiger partial charge in [0.25, 0.3) is 0 Å².